The lowest BCUT2D eigenvalue weighted by molar-refractivity contribution is 0.249. The highest BCUT2D eigenvalue weighted by Gasteiger charge is 2.15. The Morgan fingerprint density at radius 1 is 1.08 bits per heavy atom. The van der Waals surface area contributed by atoms with Gasteiger partial charge in [-0.1, -0.05) is 17.7 Å². The largest absolute Gasteiger partial charge is 0.495 e. The van der Waals surface area contributed by atoms with Crippen molar-refractivity contribution < 1.29 is 23.0 Å². The Hall–Kier alpha value is -2.54. The number of halogens is 3. The Bertz CT molecular complexity index is 787. The van der Waals surface area contributed by atoms with Crippen LogP contribution in [0.4, 0.5) is 19.3 Å². The smallest absolute Gasteiger partial charge is 0.319 e. The standard InChI is InChI=1S/C17H17ClF2N2O3/c1-9(10-4-5-12(19)13(20)6-10)21-17(23)22-14-7-11(18)15(24-2)8-16(14)25-3/h4-9H,1-3H3,(H2,21,22,23). The van der Waals surface area contributed by atoms with Crippen LogP contribution in [0.2, 0.25) is 5.02 Å². The van der Waals surface area contributed by atoms with Gasteiger partial charge in [0.2, 0.25) is 0 Å². The minimum atomic E-state index is -0.977. The Labute approximate surface area is 148 Å². The van der Waals surface area contributed by atoms with Crippen LogP contribution < -0.4 is 20.1 Å². The highest BCUT2D eigenvalue weighted by molar-refractivity contribution is 6.32. The summed E-state index contributed by atoms with van der Waals surface area (Å²) in [5.41, 5.74) is 0.761. The number of nitrogens with one attached hydrogen (secondary N) is 2. The van der Waals surface area contributed by atoms with Gasteiger partial charge < -0.3 is 20.1 Å². The average Bonchev–Trinajstić information content (AvgIpc) is 2.57. The number of carbonyl (C=O) groups is 1. The number of methoxy groups -OCH3 is 2. The van der Waals surface area contributed by atoms with E-state index in [1.54, 1.807) is 6.92 Å². The topological polar surface area (TPSA) is 59.6 Å². The Balaban J connectivity index is 2.11. The van der Waals surface area contributed by atoms with E-state index >= 15 is 0 Å². The second-order valence-corrected chi connectivity index (χ2v) is 5.59. The number of amides is 2. The summed E-state index contributed by atoms with van der Waals surface area (Å²) < 4.78 is 36.5. The lowest BCUT2D eigenvalue weighted by Gasteiger charge is -2.17. The second kappa shape index (κ2) is 8.02. The van der Waals surface area contributed by atoms with Crippen LogP contribution in [0.5, 0.6) is 11.5 Å². The van der Waals surface area contributed by atoms with Gasteiger partial charge in [0.05, 0.1) is 31.0 Å². The van der Waals surface area contributed by atoms with Crippen LogP contribution in [0.3, 0.4) is 0 Å². The zero-order valence-corrected chi connectivity index (χ0v) is 14.6. The monoisotopic (exact) mass is 370 g/mol. The number of hydrogen-bond acceptors (Lipinski definition) is 3. The lowest BCUT2D eigenvalue weighted by Crippen LogP contribution is -2.31. The molecule has 2 aromatic rings. The number of ether oxygens (including phenoxy) is 2. The fraction of sp³-hybridized carbons (Fsp3) is 0.235. The number of hydrogen-bond donors (Lipinski definition) is 2. The van der Waals surface area contributed by atoms with Crippen LogP contribution in [0.25, 0.3) is 0 Å². The van der Waals surface area contributed by atoms with E-state index in [2.05, 4.69) is 10.6 Å². The van der Waals surface area contributed by atoms with E-state index in [1.807, 2.05) is 0 Å². The van der Waals surface area contributed by atoms with Gasteiger partial charge in [0, 0.05) is 6.07 Å². The van der Waals surface area contributed by atoms with Gasteiger partial charge in [-0.25, -0.2) is 13.6 Å². The molecule has 2 amide bonds. The van der Waals surface area contributed by atoms with E-state index in [9.17, 15) is 13.6 Å². The molecule has 134 valence electrons. The molecule has 25 heavy (non-hydrogen) atoms. The fourth-order valence-corrected chi connectivity index (χ4v) is 2.42. The van der Waals surface area contributed by atoms with Crippen LogP contribution in [-0.2, 0) is 0 Å². The van der Waals surface area contributed by atoms with Crippen molar-refractivity contribution in [2.75, 3.05) is 19.5 Å². The van der Waals surface area contributed by atoms with Gasteiger partial charge in [-0.3, -0.25) is 0 Å². The molecule has 0 aliphatic carbocycles. The maximum absolute atomic E-state index is 13.3. The number of urea groups is 1. The van der Waals surface area contributed by atoms with Crippen molar-refractivity contribution in [3.8, 4) is 11.5 Å². The van der Waals surface area contributed by atoms with Crippen molar-refractivity contribution in [2.45, 2.75) is 13.0 Å². The van der Waals surface area contributed by atoms with E-state index in [0.717, 1.165) is 12.1 Å². The summed E-state index contributed by atoms with van der Waals surface area (Å²) in [7, 11) is 2.90. The molecule has 0 aliphatic rings. The summed E-state index contributed by atoms with van der Waals surface area (Å²) >= 11 is 6.05. The zero-order chi connectivity index (χ0) is 18.6. The maximum atomic E-state index is 13.3. The fourth-order valence-electron chi connectivity index (χ4n) is 2.18. The Morgan fingerprint density at radius 2 is 1.76 bits per heavy atom. The molecule has 0 saturated heterocycles. The summed E-state index contributed by atoms with van der Waals surface area (Å²) in [6.07, 6.45) is 0. The van der Waals surface area contributed by atoms with Crippen LogP contribution in [0.15, 0.2) is 30.3 Å². The van der Waals surface area contributed by atoms with Gasteiger partial charge in [0.1, 0.15) is 11.5 Å². The van der Waals surface area contributed by atoms with E-state index in [0.29, 0.717) is 27.8 Å². The number of benzene rings is 2. The van der Waals surface area contributed by atoms with Crippen molar-refractivity contribution >= 4 is 23.3 Å². The van der Waals surface area contributed by atoms with Crippen LogP contribution in [0, 0.1) is 11.6 Å². The first-order chi connectivity index (χ1) is 11.8. The minimum absolute atomic E-state index is 0.298. The average molecular weight is 371 g/mol. The predicted molar refractivity (Wildman–Crippen MR) is 91.5 cm³/mol. The van der Waals surface area contributed by atoms with Gasteiger partial charge in [-0.15, -0.1) is 0 Å². The van der Waals surface area contributed by atoms with E-state index < -0.39 is 23.7 Å². The lowest BCUT2D eigenvalue weighted by atomic mass is 10.1. The molecule has 1 atom stereocenters. The molecule has 0 heterocycles. The van der Waals surface area contributed by atoms with Gasteiger partial charge in [0.15, 0.2) is 11.6 Å². The normalized spacial score (nSPS) is 11.6. The van der Waals surface area contributed by atoms with E-state index in [-0.39, 0.29) is 0 Å². The predicted octanol–water partition coefficient (Wildman–Crippen LogP) is 4.52. The van der Waals surface area contributed by atoms with Crippen molar-refractivity contribution in [3.05, 3.63) is 52.6 Å². The zero-order valence-electron chi connectivity index (χ0n) is 13.8. The maximum Gasteiger partial charge on any atom is 0.319 e. The first kappa shape index (κ1) is 18.8. The second-order valence-electron chi connectivity index (χ2n) is 5.18. The molecule has 0 spiro atoms. The molecule has 2 N–H and O–H groups in total. The van der Waals surface area contributed by atoms with Gasteiger partial charge >= 0.3 is 6.03 Å². The summed E-state index contributed by atoms with van der Waals surface area (Å²) in [4.78, 5) is 12.2. The third-order valence-electron chi connectivity index (χ3n) is 3.51. The van der Waals surface area contributed by atoms with Gasteiger partial charge in [-0.05, 0) is 30.7 Å². The van der Waals surface area contributed by atoms with E-state index in [4.69, 9.17) is 21.1 Å². The SMILES string of the molecule is COc1cc(OC)c(NC(=O)NC(C)c2ccc(F)c(F)c2)cc1Cl. The quantitative estimate of drug-likeness (QED) is 0.813. The molecular formula is C17H17ClF2N2O3. The summed E-state index contributed by atoms with van der Waals surface area (Å²) in [6.45, 7) is 1.64. The van der Waals surface area contributed by atoms with Crippen LogP contribution in [-0.4, -0.2) is 20.3 Å². The molecule has 0 aromatic heterocycles. The summed E-state index contributed by atoms with van der Waals surface area (Å²) in [5, 5.41) is 5.52. The first-order valence-corrected chi connectivity index (χ1v) is 7.67. The summed E-state index contributed by atoms with van der Waals surface area (Å²) in [6, 6.07) is 5.36. The third-order valence-corrected chi connectivity index (χ3v) is 3.81. The molecule has 0 bridgehead atoms. The number of rotatable bonds is 5. The first-order valence-electron chi connectivity index (χ1n) is 7.29. The summed E-state index contributed by atoms with van der Waals surface area (Å²) in [5.74, 6) is -1.16. The number of anilines is 1. The van der Waals surface area contributed by atoms with Gasteiger partial charge in [-0.2, -0.15) is 0 Å². The van der Waals surface area contributed by atoms with Gasteiger partial charge in [0.25, 0.3) is 0 Å². The molecule has 0 fully saturated rings. The molecule has 0 radical (unpaired) electrons. The number of carbonyl (C=O) groups excluding carboxylic acids is 1. The molecule has 0 saturated carbocycles. The van der Waals surface area contributed by atoms with Crippen molar-refractivity contribution in [3.63, 3.8) is 0 Å². The molecule has 1 unspecified atom stereocenters. The third kappa shape index (κ3) is 4.51. The molecule has 2 aromatic carbocycles. The van der Waals surface area contributed by atoms with Crippen molar-refractivity contribution in [1.82, 2.24) is 5.32 Å². The van der Waals surface area contributed by atoms with Crippen molar-refractivity contribution in [1.29, 1.82) is 0 Å². The molecule has 8 heteroatoms. The van der Waals surface area contributed by atoms with Crippen LogP contribution >= 0.6 is 11.6 Å². The minimum Gasteiger partial charge on any atom is -0.495 e. The molecule has 5 nitrogen and oxygen atoms in total. The Morgan fingerprint density at radius 3 is 2.36 bits per heavy atom. The van der Waals surface area contributed by atoms with Crippen molar-refractivity contribution in [2.24, 2.45) is 0 Å². The Kier molecular flexibility index (Phi) is 6.03. The molecule has 0 aliphatic heterocycles. The highest BCUT2D eigenvalue weighted by atomic mass is 35.5. The molecule has 2 rings (SSSR count). The van der Waals surface area contributed by atoms with Crippen LogP contribution in [0.1, 0.15) is 18.5 Å². The highest BCUT2D eigenvalue weighted by Crippen LogP contribution is 2.35. The van der Waals surface area contributed by atoms with E-state index in [1.165, 1.54) is 32.4 Å². The molecular weight excluding hydrogens is 354 g/mol.